The number of carboxylic acid groups (broad SMARTS) is 1. The molecule has 0 radical (unpaired) electrons. The monoisotopic (exact) mass is 493 g/mol. The Hall–Kier alpha value is -3.72. The molecule has 35 heavy (non-hydrogen) atoms. The van der Waals surface area contributed by atoms with Gasteiger partial charge in [0.2, 0.25) is 5.91 Å². The maximum absolute atomic E-state index is 12.3. The van der Waals surface area contributed by atoms with Gasteiger partial charge < -0.3 is 20.5 Å². The molecular weight excluding hydrogens is 466 g/mol. The Kier molecular flexibility index (Phi) is 7.16. The van der Waals surface area contributed by atoms with Crippen LogP contribution in [-0.4, -0.2) is 41.2 Å². The number of amides is 2. The first-order valence-electron chi connectivity index (χ1n) is 11.3. The number of nitrogens with zero attached hydrogens (tertiary/aromatic N) is 1. The molecule has 0 spiro atoms. The van der Waals surface area contributed by atoms with E-state index in [9.17, 15) is 14.4 Å². The van der Waals surface area contributed by atoms with Crippen molar-refractivity contribution in [2.75, 3.05) is 13.2 Å². The van der Waals surface area contributed by atoms with Crippen LogP contribution in [0.25, 0.3) is 11.1 Å². The van der Waals surface area contributed by atoms with E-state index in [0.29, 0.717) is 10.7 Å². The van der Waals surface area contributed by atoms with Gasteiger partial charge in [-0.2, -0.15) is 0 Å². The number of alkyl carbamates (subject to hydrolysis) is 1. The summed E-state index contributed by atoms with van der Waals surface area (Å²) in [5.74, 6) is -1.29. The summed E-state index contributed by atoms with van der Waals surface area (Å²) in [5, 5.41) is 16.9. The van der Waals surface area contributed by atoms with Crippen molar-refractivity contribution >= 4 is 29.3 Å². The van der Waals surface area contributed by atoms with Crippen molar-refractivity contribution in [3.8, 4) is 11.1 Å². The van der Waals surface area contributed by atoms with E-state index in [-0.39, 0.29) is 37.9 Å². The number of hydrogen-bond acceptors (Lipinski definition) is 6. The van der Waals surface area contributed by atoms with Gasteiger partial charge in [-0.15, -0.1) is 11.3 Å². The highest BCUT2D eigenvalue weighted by Gasteiger charge is 2.29. The molecule has 3 N–H and O–H groups in total. The lowest BCUT2D eigenvalue weighted by Gasteiger charge is -2.19. The van der Waals surface area contributed by atoms with Crippen LogP contribution in [0.2, 0.25) is 0 Å². The number of ether oxygens (including phenoxy) is 1. The van der Waals surface area contributed by atoms with Gasteiger partial charge in [-0.1, -0.05) is 48.5 Å². The van der Waals surface area contributed by atoms with Crippen molar-refractivity contribution in [2.24, 2.45) is 5.41 Å². The zero-order valence-electron chi connectivity index (χ0n) is 19.5. The number of aliphatic carboxylic acids is 1. The molecule has 2 amide bonds. The number of hydrogen-bond donors (Lipinski definition) is 3. The second kappa shape index (κ2) is 10.3. The molecule has 1 aliphatic rings. The second-order valence-corrected chi connectivity index (χ2v) is 10.00. The number of aromatic nitrogens is 1. The first kappa shape index (κ1) is 24.4. The fraction of sp³-hybridized carbons (Fsp3) is 0.308. The van der Waals surface area contributed by atoms with E-state index in [1.807, 2.05) is 24.3 Å². The van der Waals surface area contributed by atoms with Gasteiger partial charge in [0.25, 0.3) is 0 Å². The van der Waals surface area contributed by atoms with Crippen LogP contribution in [0, 0.1) is 5.41 Å². The van der Waals surface area contributed by atoms with Gasteiger partial charge in [0, 0.05) is 17.8 Å². The lowest BCUT2D eigenvalue weighted by molar-refractivity contribution is -0.146. The van der Waals surface area contributed by atoms with Gasteiger partial charge in [0.05, 0.1) is 24.1 Å². The van der Waals surface area contributed by atoms with Crippen molar-refractivity contribution in [3.05, 3.63) is 75.7 Å². The number of carbonyl (C=O) groups excluding carboxylic acids is 2. The van der Waals surface area contributed by atoms with Crippen LogP contribution in [-0.2, 0) is 27.3 Å². The van der Waals surface area contributed by atoms with Crippen LogP contribution >= 0.6 is 11.3 Å². The average molecular weight is 494 g/mol. The molecule has 4 rings (SSSR count). The molecule has 0 aliphatic heterocycles. The predicted molar refractivity (Wildman–Crippen MR) is 132 cm³/mol. The van der Waals surface area contributed by atoms with Crippen molar-refractivity contribution in [1.82, 2.24) is 15.6 Å². The molecule has 0 unspecified atom stereocenters. The summed E-state index contributed by atoms with van der Waals surface area (Å²) in [6.45, 7) is 3.55. The highest BCUT2D eigenvalue weighted by Crippen LogP contribution is 2.44. The Bertz CT molecular complexity index is 1210. The largest absolute Gasteiger partial charge is 0.481 e. The molecule has 1 aliphatic carbocycles. The Morgan fingerprint density at radius 3 is 2.29 bits per heavy atom. The van der Waals surface area contributed by atoms with Gasteiger partial charge in [-0.3, -0.25) is 9.59 Å². The van der Waals surface area contributed by atoms with E-state index >= 15 is 0 Å². The van der Waals surface area contributed by atoms with Crippen LogP contribution in [0.5, 0.6) is 0 Å². The van der Waals surface area contributed by atoms with Crippen molar-refractivity contribution in [2.45, 2.75) is 32.7 Å². The molecule has 1 aromatic heterocycles. The van der Waals surface area contributed by atoms with Crippen molar-refractivity contribution in [3.63, 3.8) is 0 Å². The Balaban J connectivity index is 1.25. The molecule has 9 heteroatoms. The first-order valence-corrected chi connectivity index (χ1v) is 12.1. The third kappa shape index (κ3) is 5.68. The maximum Gasteiger partial charge on any atom is 0.407 e. The van der Waals surface area contributed by atoms with E-state index in [1.54, 1.807) is 19.2 Å². The number of fused-ring (bicyclic) bond motifs is 3. The molecule has 3 aromatic rings. The zero-order valence-corrected chi connectivity index (χ0v) is 20.4. The minimum absolute atomic E-state index is 0.00997. The number of carbonyl (C=O) groups is 3. The van der Waals surface area contributed by atoms with Crippen LogP contribution in [0.4, 0.5) is 4.79 Å². The lowest BCUT2D eigenvalue weighted by atomic mass is 9.94. The number of thiazole rings is 1. The lowest BCUT2D eigenvalue weighted by Crippen LogP contribution is -2.39. The van der Waals surface area contributed by atoms with E-state index < -0.39 is 17.5 Å². The van der Waals surface area contributed by atoms with Gasteiger partial charge in [0.15, 0.2) is 0 Å². The fourth-order valence-corrected chi connectivity index (χ4v) is 4.66. The number of carboxylic acids is 1. The molecule has 8 nitrogen and oxygen atoms in total. The predicted octanol–water partition coefficient (Wildman–Crippen LogP) is 3.95. The second-order valence-electron chi connectivity index (χ2n) is 9.05. The maximum atomic E-state index is 12.3. The topological polar surface area (TPSA) is 118 Å². The quantitative estimate of drug-likeness (QED) is 0.415. The molecule has 0 atom stereocenters. The third-order valence-electron chi connectivity index (χ3n) is 5.98. The summed E-state index contributed by atoms with van der Waals surface area (Å²) in [7, 11) is 0. The van der Waals surface area contributed by atoms with E-state index in [2.05, 4.69) is 39.9 Å². The summed E-state index contributed by atoms with van der Waals surface area (Å²) < 4.78 is 5.53. The molecule has 0 fully saturated rings. The normalized spacial score (nSPS) is 12.5. The highest BCUT2D eigenvalue weighted by molar-refractivity contribution is 7.09. The average Bonchev–Trinajstić information content (AvgIpc) is 3.42. The Morgan fingerprint density at radius 2 is 1.66 bits per heavy atom. The minimum Gasteiger partial charge on any atom is -0.481 e. The van der Waals surface area contributed by atoms with Crippen LogP contribution in [0.3, 0.4) is 0 Å². The molecule has 182 valence electrons. The molecule has 2 aromatic carbocycles. The number of rotatable bonds is 9. The van der Waals surface area contributed by atoms with E-state index in [1.165, 1.54) is 22.5 Å². The number of nitrogens with one attached hydrogen (secondary N) is 2. The van der Waals surface area contributed by atoms with Crippen LogP contribution in [0.1, 0.15) is 41.6 Å². The molecule has 0 bridgehead atoms. The number of benzene rings is 2. The summed E-state index contributed by atoms with van der Waals surface area (Å²) in [6.07, 6.45) is -0.491. The van der Waals surface area contributed by atoms with Gasteiger partial charge in [0.1, 0.15) is 11.6 Å². The van der Waals surface area contributed by atoms with Crippen molar-refractivity contribution in [1.29, 1.82) is 0 Å². The fourth-order valence-electron chi connectivity index (χ4n) is 3.93. The SMILES string of the molecule is CC(C)(CNC(=O)Cc1csc(CNC(=O)OCC2c3ccccc3-c3ccccc32)n1)C(=O)O. The van der Waals surface area contributed by atoms with Gasteiger partial charge in [-0.05, 0) is 36.1 Å². The Morgan fingerprint density at radius 1 is 1.03 bits per heavy atom. The van der Waals surface area contributed by atoms with Crippen LogP contribution in [0.15, 0.2) is 53.9 Å². The van der Waals surface area contributed by atoms with E-state index in [0.717, 1.165) is 11.1 Å². The molecule has 1 heterocycles. The molecule has 0 saturated carbocycles. The summed E-state index contributed by atoms with van der Waals surface area (Å²) in [5.41, 5.74) is 4.15. The van der Waals surface area contributed by atoms with E-state index in [4.69, 9.17) is 9.84 Å². The third-order valence-corrected chi connectivity index (χ3v) is 6.87. The molecule has 0 saturated heterocycles. The summed E-state index contributed by atoms with van der Waals surface area (Å²) in [6, 6.07) is 16.3. The zero-order chi connectivity index (χ0) is 25.0. The van der Waals surface area contributed by atoms with Gasteiger partial charge in [-0.25, -0.2) is 9.78 Å². The minimum atomic E-state index is -1.05. The Labute approximate surface area is 207 Å². The summed E-state index contributed by atoms with van der Waals surface area (Å²) >= 11 is 1.33. The molecular formula is C26H27N3O5S. The van der Waals surface area contributed by atoms with Gasteiger partial charge >= 0.3 is 12.1 Å². The standard InChI is InChI=1S/C26H27N3O5S/c1-26(2,24(31)32)15-28-22(30)11-16-14-35-23(29-16)12-27-25(33)34-13-21-19-9-5-3-7-17(19)18-8-4-6-10-20(18)21/h3-10,14,21H,11-13,15H2,1-2H3,(H,27,33)(H,28,30)(H,31,32). The first-order chi connectivity index (χ1) is 16.7. The van der Waals surface area contributed by atoms with Crippen LogP contribution < -0.4 is 10.6 Å². The summed E-state index contributed by atoms with van der Waals surface area (Å²) in [4.78, 5) is 40.0. The van der Waals surface area contributed by atoms with Crippen molar-refractivity contribution < 1.29 is 24.2 Å². The highest BCUT2D eigenvalue weighted by atomic mass is 32.1. The smallest absolute Gasteiger partial charge is 0.407 e.